The van der Waals surface area contributed by atoms with Crippen LogP contribution in [0.5, 0.6) is 0 Å². The molecule has 1 saturated carbocycles. The molecule has 3 heteroatoms. The van der Waals surface area contributed by atoms with Gasteiger partial charge in [0.1, 0.15) is 0 Å². The molecule has 1 saturated heterocycles. The predicted molar refractivity (Wildman–Crippen MR) is 81.8 cm³/mol. The van der Waals surface area contributed by atoms with Gasteiger partial charge in [-0.25, -0.2) is 0 Å². The number of carbonyl (C=O) groups is 1. The largest absolute Gasteiger partial charge is 0.481 e. The zero-order valence-electron chi connectivity index (χ0n) is 13.4. The Kier molecular flexibility index (Phi) is 5.11. The van der Waals surface area contributed by atoms with Crippen molar-refractivity contribution >= 4 is 5.97 Å². The Morgan fingerprint density at radius 1 is 1.20 bits per heavy atom. The topological polar surface area (TPSA) is 40.5 Å². The van der Waals surface area contributed by atoms with Crippen LogP contribution in [-0.2, 0) is 4.79 Å². The third-order valence-corrected chi connectivity index (χ3v) is 5.68. The Morgan fingerprint density at radius 3 is 2.60 bits per heavy atom. The number of hydrogen-bond donors (Lipinski definition) is 1. The van der Waals surface area contributed by atoms with Gasteiger partial charge in [-0.15, -0.1) is 0 Å². The van der Waals surface area contributed by atoms with E-state index in [2.05, 4.69) is 18.7 Å². The lowest BCUT2D eigenvalue weighted by atomic mass is 9.81. The molecule has 0 amide bonds. The van der Waals surface area contributed by atoms with Gasteiger partial charge in [-0.05, 0) is 57.4 Å². The summed E-state index contributed by atoms with van der Waals surface area (Å²) in [6.45, 7) is 8.45. The van der Waals surface area contributed by atoms with Crippen LogP contribution < -0.4 is 0 Å². The van der Waals surface area contributed by atoms with Gasteiger partial charge in [-0.2, -0.15) is 0 Å². The van der Waals surface area contributed by atoms with E-state index in [1.54, 1.807) is 0 Å². The summed E-state index contributed by atoms with van der Waals surface area (Å²) in [6.07, 6.45) is 8.39. The van der Waals surface area contributed by atoms with Crippen LogP contribution in [0.3, 0.4) is 0 Å². The van der Waals surface area contributed by atoms with E-state index >= 15 is 0 Å². The summed E-state index contributed by atoms with van der Waals surface area (Å²) < 4.78 is 0. The highest BCUT2D eigenvalue weighted by Gasteiger charge is 2.40. The molecule has 0 spiro atoms. The van der Waals surface area contributed by atoms with Crippen molar-refractivity contribution in [3.05, 3.63) is 0 Å². The van der Waals surface area contributed by atoms with E-state index in [9.17, 15) is 9.90 Å². The van der Waals surface area contributed by atoms with Crippen LogP contribution in [0, 0.1) is 17.3 Å². The summed E-state index contributed by atoms with van der Waals surface area (Å²) >= 11 is 0. The number of likely N-dealkylation sites (tertiary alicyclic amines) is 1. The van der Waals surface area contributed by atoms with E-state index < -0.39 is 11.4 Å². The lowest BCUT2D eigenvalue weighted by Crippen LogP contribution is -2.49. The first-order valence-corrected chi connectivity index (χ1v) is 8.40. The number of rotatable bonds is 3. The Morgan fingerprint density at radius 2 is 1.95 bits per heavy atom. The van der Waals surface area contributed by atoms with Gasteiger partial charge < -0.3 is 5.11 Å². The molecule has 1 aliphatic heterocycles. The molecule has 116 valence electrons. The molecule has 1 heterocycles. The maximum absolute atomic E-state index is 11.5. The Labute approximate surface area is 123 Å². The maximum Gasteiger partial charge on any atom is 0.310 e. The highest BCUT2D eigenvalue weighted by Crippen LogP contribution is 2.35. The Hall–Kier alpha value is -0.570. The van der Waals surface area contributed by atoms with Gasteiger partial charge in [0.25, 0.3) is 0 Å². The summed E-state index contributed by atoms with van der Waals surface area (Å²) in [6, 6.07) is 0.623. The monoisotopic (exact) mass is 281 g/mol. The highest BCUT2D eigenvalue weighted by atomic mass is 16.4. The zero-order valence-corrected chi connectivity index (χ0v) is 13.4. The van der Waals surface area contributed by atoms with E-state index in [4.69, 9.17) is 0 Å². The fraction of sp³-hybridized carbons (Fsp3) is 0.941. The minimum Gasteiger partial charge on any atom is -0.481 e. The summed E-state index contributed by atoms with van der Waals surface area (Å²) in [4.78, 5) is 14.0. The first-order valence-electron chi connectivity index (χ1n) is 8.40. The predicted octanol–water partition coefficient (Wildman–Crippen LogP) is 3.78. The fourth-order valence-corrected chi connectivity index (χ4v) is 4.11. The molecule has 0 radical (unpaired) electrons. The molecule has 1 aliphatic carbocycles. The van der Waals surface area contributed by atoms with Crippen LogP contribution in [0.15, 0.2) is 0 Å². The molecule has 0 aromatic carbocycles. The van der Waals surface area contributed by atoms with Crippen LogP contribution >= 0.6 is 0 Å². The van der Waals surface area contributed by atoms with Crippen molar-refractivity contribution in [3.8, 4) is 0 Å². The SMILES string of the molecule is CC(C)C1CCCC(N2CCCC(C)(C(=O)O)C2)CC1. The van der Waals surface area contributed by atoms with E-state index in [1.807, 2.05) is 6.92 Å². The van der Waals surface area contributed by atoms with E-state index in [0.717, 1.165) is 37.8 Å². The standard InChI is InChI=1S/C17H31NO2/c1-13(2)14-6-4-7-15(9-8-14)18-11-5-10-17(3,12-18)16(19)20/h13-15H,4-12H2,1-3H3,(H,19,20). The summed E-state index contributed by atoms with van der Waals surface area (Å²) in [5, 5.41) is 9.46. The van der Waals surface area contributed by atoms with Crippen molar-refractivity contribution in [2.45, 2.75) is 71.8 Å². The number of aliphatic carboxylic acids is 1. The molecular weight excluding hydrogens is 250 g/mol. The number of hydrogen-bond acceptors (Lipinski definition) is 2. The van der Waals surface area contributed by atoms with Gasteiger partial charge in [0.05, 0.1) is 5.41 Å². The molecule has 2 rings (SSSR count). The first kappa shape index (κ1) is 15.8. The lowest BCUT2D eigenvalue weighted by Gasteiger charge is -2.41. The summed E-state index contributed by atoms with van der Waals surface area (Å²) in [5.41, 5.74) is -0.526. The minimum absolute atomic E-state index is 0.526. The molecule has 1 N–H and O–H groups in total. The van der Waals surface area contributed by atoms with Crippen molar-refractivity contribution < 1.29 is 9.90 Å². The Balaban J connectivity index is 1.96. The highest BCUT2D eigenvalue weighted by molar-refractivity contribution is 5.74. The number of carboxylic acids is 1. The van der Waals surface area contributed by atoms with Crippen molar-refractivity contribution in [1.29, 1.82) is 0 Å². The molecule has 3 nitrogen and oxygen atoms in total. The molecule has 0 aromatic rings. The van der Waals surface area contributed by atoms with Gasteiger partial charge >= 0.3 is 5.97 Å². The van der Waals surface area contributed by atoms with Crippen LogP contribution in [0.25, 0.3) is 0 Å². The normalized spacial score (nSPS) is 36.8. The van der Waals surface area contributed by atoms with Crippen LogP contribution in [-0.4, -0.2) is 35.1 Å². The number of carboxylic acid groups (broad SMARTS) is 1. The van der Waals surface area contributed by atoms with Crippen molar-refractivity contribution in [1.82, 2.24) is 4.90 Å². The van der Waals surface area contributed by atoms with E-state index in [-0.39, 0.29) is 0 Å². The second-order valence-electron chi connectivity index (χ2n) is 7.61. The molecular formula is C17H31NO2. The number of piperidine rings is 1. The molecule has 3 atom stereocenters. The van der Waals surface area contributed by atoms with E-state index in [0.29, 0.717) is 6.04 Å². The second-order valence-corrected chi connectivity index (χ2v) is 7.61. The third-order valence-electron chi connectivity index (χ3n) is 5.68. The zero-order chi connectivity index (χ0) is 14.8. The molecule has 2 fully saturated rings. The van der Waals surface area contributed by atoms with Crippen molar-refractivity contribution in [3.63, 3.8) is 0 Å². The summed E-state index contributed by atoms with van der Waals surface area (Å²) in [7, 11) is 0. The smallest absolute Gasteiger partial charge is 0.310 e. The van der Waals surface area contributed by atoms with Crippen LogP contribution in [0.4, 0.5) is 0 Å². The number of nitrogens with zero attached hydrogens (tertiary/aromatic N) is 1. The van der Waals surface area contributed by atoms with Gasteiger partial charge in [-0.1, -0.05) is 26.7 Å². The molecule has 3 unspecified atom stereocenters. The van der Waals surface area contributed by atoms with Gasteiger partial charge in [0.15, 0.2) is 0 Å². The average molecular weight is 281 g/mol. The lowest BCUT2D eigenvalue weighted by molar-refractivity contribution is -0.151. The minimum atomic E-state index is -0.615. The fourth-order valence-electron chi connectivity index (χ4n) is 4.11. The van der Waals surface area contributed by atoms with Crippen molar-refractivity contribution in [2.75, 3.05) is 13.1 Å². The van der Waals surface area contributed by atoms with E-state index in [1.165, 1.54) is 32.1 Å². The maximum atomic E-state index is 11.5. The van der Waals surface area contributed by atoms with Crippen LogP contribution in [0.2, 0.25) is 0 Å². The van der Waals surface area contributed by atoms with Gasteiger partial charge in [0, 0.05) is 12.6 Å². The average Bonchev–Trinajstić information content (AvgIpc) is 2.64. The van der Waals surface area contributed by atoms with Gasteiger partial charge in [0.2, 0.25) is 0 Å². The molecule has 0 bridgehead atoms. The second kappa shape index (κ2) is 6.46. The Bertz CT molecular complexity index is 342. The van der Waals surface area contributed by atoms with Crippen molar-refractivity contribution in [2.24, 2.45) is 17.3 Å². The quantitative estimate of drug-likeness (QED) is 0.800. The van der Waals surface area contributed by atoms with Gasteiger partial charge in [-0.3, -0.25) is 9.69 Å². The third kappa shape index (κ3) is 3.55. The molecule has 0 aromatic heterocycles. The summed E-state index contributed by atoms with van der Waals surface area (Å²) in [5.74, 6) is 1.05. The van der Waals surface area contributed by atoms with Crippen LogP contribution in [0.1, 0.15) is 65.7 Å². The first-order chi connectivity index (χ1) is 9.42. The molecule has 2 aliphatic rings. The molecule has 20 heavy (non-hydrogen) atoms.